The second-order valence-electron chi connectivity index (χ2n) is 8.07. The van der Waals surface area contributed by atoms with Crippen LogP contribution in [0.3, 0.4) is 0 Å². The minimum Gasteiger partial charge on any atom is -0.389 e. The van der Waals surface area contributed by atoms with Gasteiger partial charge in [0.25, 0.3) is 0 Å². The third-order valence-corrected chi connectivity index (χ3v) is 5.33. The summed E-state index contributed by atoms with van der Waals surface area (Å²) in [6.07, 6.45) is 12.4. The minimum absolute atomic E-state index is 0.334. The van der Waals surface area contributed by atoms with Crippen molar-refractivity contribution < 1.29 is 9.84 Å². The number of ether oxygens (including phenoxy) is 1. The summed E-state index contributed by atoms with van der Waals surface area (Å²) < 4.78 is 6.18. The Balaban J connectivity index is 1.66. The molecule has 2 heterocycles. The Kier molecular flexibility index (Phi) is 7.33. The highest BCUT2D eigenvalue weighted by Crippen LogP contribution is 2.38. The predicted molar refractivity (Wildman–Crippen MR) is 121 cm³/mol. The van der Waals surface area contributed by atoms with Crippen LogP contribution in [0, 0.1) is 0 Å². The summed E-state index contributed by atoms with van der Waals surface area (Å²) in [7, 11) is 0. The zero-order chi connectivity index (χ0) is 20.9. The van der Waals surface area contributed by atoms with Gasteiger partial charge in [0.2, 0.25) is 0 Å². The normalized spacial score (nSPS) is 19.6. The quantitative estimate of drug-likeness (QED) is 0.391. The first-order valence-electron chi connectivity index (χ1n) is 10.5. The molecule has 2 aromatic rings. The van der Waals surface area contributed by atoms with Gasteiger partial charge in [-0.1, -0.05) is 49.6 Å². The highest BCUT2D eigenvalue weighted by molar-refractivity contribution is 6.31. The number of benzene rings is 1. The Morgan fingerprint density at radius 1 is 1.28 bits per heavy atom. The van der Waals surface area contributed by atoms with E-state index in [1.165, 1.54) is 19.3 Å². The van der Waals surface area contributed by atoms with Gasteiger partial charge >= 0.3 is 0 Å². The zero-order valence-corrected chi connectivity index (χ0v) is 18.2. The minimum atomic E-state index is -0.548. The van der Waals surface area contributed by atoms with E-state index in [2.05, 4.69) is 30.5 Å². The summed E-state index contributed by atoms with van der Waals surface area (Å²) in [6, 6.07) is 7.74. The highest BCUT2D eigenvalue weighted by atomic mass is 35.5. The number of nitrogens with one attached hydrogen (secondary N) is 1. The molecular weight excluding hydrogens is 384 g/mol. The molecule has 1 aliphatic rings. The van der Waals surface area contributed by atoms with Crippen molar-refractivity contribution >= 4 is 28.2 Å². The number of aliphatic hydroxyl groups excluding tert-OH is 1. The molecule has 4 nitrogen and oxygen atoms in total. The Hall–Kier alpha value is -1.88. The van der Waals surface area contributed by atoms with Gasteiger partial charge in [0.05, 0.1) is 23.0 Å². The van der Waals surface area contributed by atoms with Crippen LogP contribution in [0.1, 0.15) is 58.6 Å². The van der Waals surface area contributed by atoms with E-state index in [0.29, 0.717) is 11.4 Å². The van der Waals surface area contributed by atoms with E-state index in [-0.39, 0.29) is 6.23 Å². The molecule has 2 N–H and O–H groups in total. The second-order valence-corrected chi connectivity index (χ2v) is 8.51. The van der Waals surface area contributed by atoms with Gasteiger partial charge in [0.15, 0.2) is 0 Å². The lowest BCUT2D eigenvalue weighted by molar-refractivity contribution is -0.0545. The van der Waals surface area contributed by atoms with E-state index in [1.807, 2.05) is 38.1 Å². The van der Waals surface area contributed by atoms with E-state index in [9.17, 15) is 5.11 Å². The molecule has 1 aliphatic heterocycles. The average molecular weight is 415 g/mol. The molecule has 0 fully saturated rings. The molecule has 0 radical (unpaired) electrons. The Morgan fingerprint density at radius 2 is 2.10 bits per heavy atom. The Morgan fingerprint density at radius 3 is 2.90 bits per heavy atom. The number of rotatable bonds is 8. The molecule has 156 valence electrons. The smallest absolute Gasteiger partial charge is 0.148 e. The van der Waals surface area contributed by atoms with Crippen molar-refractivity contribution in [1.82, 2.24) is 4.98 Å². The van der Waals surface area contributed by atoms with Gasteiger partial charge < -0.3 is 15.2 Å². The summed E-state index contributed by atoms with van der Waals surface area (Å²) in [5.74, 6) is 0. The molecule has 2 atom stereocenters. The summed E-state index contributed by atoms with van der Waals surface area (Å²) in [6.45, 7) is 6.22. The largest absolute Gasteiger partial charge is 0.389 e. The number of hydrogen-bond donors (Lipinski definition) is 2. The first-order valence-corrected chi connectivity index (χ1v) is 10.8. The van der Waals surface area contributed by atoms with Crippen molar-refractivity contribution in [2.45, 2.75) is 70.8 Å². The predicted octanol–water partition coefficient (Wildman–Crippen LogP) is 6.34. The van der Waals surface area contributed by atoms with Gasteiger partial charge in [-0.05, 0) is 63.5 Å². The van der Waals surface area contributed by atoms with Crippen molar-refractivity contribution in [2.24, 2.45) is 0 Å². The van der Waals surface area contributed by atoms with Crippen LogP contribution >= 0.6 is 11.6 Å². The van der Waals surface area contributed by atoms with Crippen LogP contribution in [-0.2, 0) is 10.3 Å². The van der Waals surface area contributed by atoms with Gasteiger partial charge in [-0.15, -0.1) is 0 Å². The van der Waals surface area contributed by atoms with E-state index in [0.717, 1.165) is 28.7 Å². The van der Waals surface area contributed by atoms with Crippen molar-refractivity contribution in [2.75, 3.05) is 5.32 Å². The lowest BCUT2D eigenvalue weighted by atomic mass is 9.98. The monoisotopic (exact) mass is 414 g/mol. The fraction of sp³-hybridized carbons (Fsp3) is 0.458. The Labute approximate surface area is 178 Å². The number of fused-ring (bicyclic) bond motifs is 2. The van der Waals surface area contributed by atoms with Crippen molar-refractivity contribution in [3.8, 4) is 0 Å². The van der Waals surface area contributed by atoms with Gasteiger partial charge in [-0.25, -0.2) is 4.98 Å². The lowest BCUT2D eigenvalue weighted by Gasteiger charge is -2.37. The number of aliphatic hydroxyl groups is 1. The van der Waals surface area contributed by atoms with Crippen LogP contribution in [0.5, 0.6) is 0 Å². The van der Waals surface area contributed by atoms with Crippen LogP contribution in [0.15, 0.2) is 48.6 Å². The van der Waals surface area contributed by atoms with Crippen LogP contribution in [0.4, 0.5) is 5.69 Å². The third-order valence-electron chi connectivity index (χ3n) is 5.09. The summed E-state index contributed by atoms with van der Waals surface area (Å²) >= 11 is 6.13. The van der Waals surface area contributed by atoms with E-state index in [1.54, 1.807) is 6.08 Å². The molecule has 2 unspecified atom stereocenters. The number of nitrogens with zero attached hydrogens (tertiary/aromatic N) is 1. The maximum absolute atomic E-state index is 10.2. The molecular formula is C24H31ClN2O2. The molecule has 3 rings (SSSR count). The molecule has 29 heavy (non-hydrogen) atoms. The number of pyridine rings is 1. The summed E-state index contributed by atoms with van der Waals surface area (Å²) in [5, 5.41) is 15.3. The van der Waals surface area contributed by atoms with Crippen molar-refractivity contribution in [3.63, 3.8) is 0 Å². The van der Waals surface area contributed by atoms with Gasteiger partial charge in [-0.3, -0.25) is 0 Å². The Bertz CT molecular complexity index is 892. The van der Waals surface area contributed by atoms with E-state index >= 15 is 0 Å². The lowest BCUT2D eigenvalue weighted by Crippen LogP contribution is -2.39. The number of allylic oxidation sites excluding steroid dienone is 1. The van der Waals surface area contributed by atoms with Gasteiger partial charge in [0.1, 0.15) is 11.8 Å². The number of anilines is 1. The van der Waals surface area contributed by atoms with Crippen LogP contribution < -0.4 is 5.32 Å². The number of unbranched alkanes of at least 4 members (excludes halogenated alkanes) is 3. The van der Waals surface area contributed by atoms with Crippen molar-refractivity contribution in [3.05, 3.63) is 59.3 Å². The fourth-order valence-corrected chi connectivity index (χ4v) is 3.71. The molecule has 0 bridgehead atoms. The highest BCUT2D eigenvalue weighted by Gasteiger charge is 2.34. The maximum Gasteiger partial charge on any atom is 0.148 e. The number of hydrogen-bond acceptors (Lipinski definition) is 4. The molecule has 0 saturated heterocycles. The first-order chi connectivity index (χ1) is 13.9. The van der Waals surface area contributed by atoms with Crippen LogP contribution in [0.25, 0.3) is 10.9 Å². The molecule has 5 heteroatoms. The topological polar surface area (TPSA) is 54.4 Å². The summed E-state index contributed by atoms with van der Waals surface area (Å²) in [5.41, 5.74) is 2.14. The maximum atomic E-state index is 10.2. The molecule has 0 amide bonds. The van der Waals surface area contributed by atoms with E-state index < -0.39 is 11.7 Å². The molecule has 1 aromatic heterocycles. The molecule has 0 saturated carbocycles. The fourth-order valence-electron chi connectivity index (χ4n) is 3.53. The molecule has 1 aromatic carbocycles. The van der Waals surface area contributed by atoms with Crippen LogP contribution in [-0.4, -0.2) is 22.4 Å². The van der Waals surface area contributed by atoms with Crippen LogP contribution in [0.2, 0.25) is 5.02 Å². The molecule has 0 aliphatic carbocycles. The van der Waals surface area contributed by atoms with E-state index in [4.69, 9.17) is 21.3 Å². The summed E-state index contributed by atoms with van der Waals surface area (Å²) in [4.78, 5) is 4.78. The molecule has 0 spiro atoms. The standard InChI is InChI=1S/C24H31ClN2O2/c1-4-5-6-7-8-9-10-19(28)12-14-22-26-21-16-17-15-18(25)11-13-20(17)27-23(21)24(2,3)29-22/h8-9,11-16,19,22,26,28H,4-7,10H2,1-3H3/b9-8-,14-12+. The van der Waals surface area contributed by atoms with Crippen molar-refractivity contribution in [1.29, 1.82) is 0 Å². The van der Waals surface area contributed by atoms with Gasteiger partial charge in [0, 0.05) is 10.4 Å². The zero-order valence-electron chi connectivity index (χ0n) is 17.5. The first kappa shape index (κ1) is 21.8. The second kappa shape index (κ2) is 9.75. The number of halogens is 1. The number of aromatic nitrogens is 1. The average Bonchev–Trinajstić information content (AvgIpc) is 2.67. The third kappa shape index (κ3) is 5.81. The van der Waals surface area contributed by atoms with Gasteiger partial charge in [-0.2, -0.15) is 0 Å². The SMILES string of the molecule is CCCCC/C=C\CC(O)/C=C/C1Nc2cc3cc(Cl)ccc3nc2C(C)(C)O1.